The quantitative estimate of drug-likeness (QED) is 0.435. The molecule has 0 aliphatic carbocycles. The molecule has 0 atom stereocenters. The highest BCUT2D eigenvalue weighted by molar-refractivity contribution is 6.66. The molecule has 1 heterocycles. The van der Waals surface area contributed by atoms with Crippen LogP contribution in [0.25, 0.3) is 0 Å². The first kappa shape index (κ1) is 5.37. The molecular formula is C3H5ClN4. The van der Waals surface area contributed by atoms with Crippen molar-refractivity contribution in [3.63, 3.8) is 0 Å². The van der Waals surface area contributed by atoms with E-state index in [0.717, 1.165) is 0 Å². The smallest absolute Gasteiger partial charge is 0.199 e. The number of halogens is 1. The summed E-state index contributed by atoms with van der Waals surface area (Å²) >= 11 is 5.39. The Balaban J connectivity index is 2.57. The molecule has 44 valence electrons. The van der Waals surface area contributed by atoms with Gasteiger partial charge in [-0.25, -0.2) is 9.98 Å². The van der Waals surface area contributed by atoms with Gasteiger partial charge in [0.25, 0.3) is 0 Å². The molecular weight excluding hydrogens is 128 g/mol. The molecule has 0 bridgehead atoms. The summed E-state index contributed by atoms with van der Waals surface area (Å²) in [6, 6.07) is 0. The average Bonchev–Trinajstić information content (AvgIpc) is 1.64. The molecule has 0 unspecified atom stereocenters. The van der Waals surface area contributed by atoms with Gasteiger partial charge in [0.15, 0.2) is 11.3 Å². The number of hydrogen-bond acceptors (Lipinski definition) is 4. The molecule has 4 nitrogen and oxygen atoms in total. The lowest BCUT2D eigenvalue weighted by Gasteiger charge is -2.05. The second kappa shape index (κ2) is 2.00. The molecule has 1 aliphatic heterocycles. The van der Waals surface area contributed by atoms with Crippen molar-refractivity contribution in [2.75, 3.05) is 6.67 Å². The minimum atomic E-state index is 0.303. The van der Waals surface area contributed by atoms with Crippen molar-refractivity contribution >= 4 is 22.9 Å². The summed E-state index contributed by atoms with van der Waals surface area (Å²) < 4.78 is 0. The Morgan fingerprint density at radius 1 is 1.62 bits per heavy atom. The first-order valence-corrected chi connectivity index (χ1v) is 2.44. The van der Waals surface area contributed by atoms with Crippen LogP contribution in [-0.4, -0.2) is 17.9 Å². The Kier molecular flexibility index (Phi) is 1.34. The number of nitrogens with one attached hydrogen (secondary N) is 1. The Morgan fingerprint density at radius 2 is 2.38 bits per heavy atom. The zero-order valence-electron chi connectivity index (χ0n) is 4.06. The largest absolute Gasteiger partial charge is 0.370 e. The van der Waals surface area contributed by atoms with Crippen molar-refractivity contribution in [1.29, 1.82) is 0 Å². The second-order valence-corrected chi connectivity index (χ2v) is 1.62. The zero-order chi connectivity index (χ0) is 5.98. The van der Waals surface area contributed by atoms with E-state index in [1.54, 1.807) is 0 Å². The van der Waals surface area contributed by atoms with Gasteiger partial charge < -0.3 is 11.1 Å². The summed E-state index contributed by atoms with van der Waals surface area (Å²) in [7, 11) is 0. The topological polar surface area (TPSA) is 62.8 Å². The lowest BCUT2D eigenvalue weighted by molar-refractivity contribution is 1.00. The molecule has 0 aromatic heterocycles. The Bertz CT molecular complexity index is 133. The highest BCUT2D eigenvalue weighted by Gasteiger charge is 1.98. The van der Waals surface area contributed by atoms with Crippen LogP contribution >= 0.6 is 11.6 Å². The number of amidine groups is 1. The van der Waals surface area contributed by atoms with Crippen LogP contribution in [0.1, 0.15) is 0 Å². The van der Waals surface area contributed by atoms with Crippen molar-refractivity contribution in [3.8, 4) is 0 Å². The number of guanidine groups is 1. The van der Waals surface area contributed by atoms with Crippen LogP contribution in [0.2, 0.25) is 0 Å². The summed E-state index contributed by atoms with van der Waals surface area (Å²) in [5, 5.41) is 2.83. The lowest BCUT2D eigenvalue weighted by atomic mass is 10.8. The predicted molar refractivity (Wildman–Crippen MR) is 32.9 cm³/mol. The number of hydrogen-bond donors (Lipinski definition) is 2. The highest BCUT2D eigenvalue weighted by Crippen LogP contribution is 1.86. The average molecular weight is 133 g/mol. The third-order valence-electron chi connectivity index (χ3n) is 0.682. The number of nitrogens with zero attached hydrogens (tertiary/aromatic N) is 2. The van der Waals surface area contributed by atoms with Crippen LogP contribution < -0.4 is 11.1 Å². The summed E-state index contributed by atoms with van der Waals surface area (Å²) in [5.74, 6) is 0.324. The second-order valence-electron chi connectivity index (χ2n) is 1.26. The Hall–Kier alpha value is -0.770. The number of rotatable bonds is 0. The number of nitrogens with two attached hydrogens (primary N) is 1. The van der Waals surface area contributed by atoms with Gasteiger partial charge in [0, 0.05) is 0 Å². The van der Waals surface area contributed by atoms with Crippen molar-refractivity contribution < 1.29 is 0 Å². The van der Waals surface area contributed by atoms with Crippen molar-refractivity contribution in [2.45, 2.75) is 0 Å². The molecule has 5 heteroatoms. The first-order chi connectivity index (χ1) is 3.79. The predicted octanol–water partition coefficient (Wildman–Crippen LogP) is -0.543. The molecule has 0 spiro atoms. The van der Waals surface area contributed by atoms with Crippen LogP contribution in [0.4, 0.5) is 0 Å². The van der Waals surface area contributed by atoms with Crippen LogP contribution in [0, 0.1) is 0 Å². The molecule has 1 rings (SSSR count). The summed E-state index contributed by atoms with van der Waals surface area (Å²) in [6.45, 7) is 0.331. The van der Waals surface area contributed by atoms with Gasteiger partial charge in [0.05, 0.1) is 0 Å². The Labute approximate surface area is 51.4 Å². The Morgan fingerprint density at radius 3 is 2.75 bits per heavy atom. The summed E-state index contributed by atoms with van der Waals surface area (Å²) in [4.78, 5) is 7.38. The third-order valence-corrected chi connectivity index (χ3v) is 0.896. The first-order valence-electron chi connectivity index (χ1n) is 2.06. The van der Waals surface area contributed by atoms with E-state index in [-0.39, 0.29) is 0 Å². The minimum Gasteiger partial charge on any atom is -0.370 e. The van der Waals surface area contributed by atoms with E-state index in [1.165, 1.54) is 0 Å². The van der Waals surface area contributed by atoms with Crippen LogP contribution in [-0.2, 0) is 0 Å². The van der Waals surface area contributed by atoms with E-state index >= 15 is 0 Å². The minimum absolute atomic E-state index is 0.303. The SMILES string of the molecule is NC1=NCN=C(Cl)N1. The van der Waals surface area contributed by atoms with E-state index in [9.17, 15) is 0 Å². The monoisotopic (exact) mass is 132 g/mol. The molecule has 1 aliphatic rings. The molecule has 0 aromatic carbocycles. The van der Waals surface area contributed by atoms with Crippen LogP contribution in [0.5, 0.6) is 0 Å². The summed E-state index contributed by atoms with van der Waals surface area (Å²) in [6.07, 6.45) is 0. The summed E-state index contributed by atoms with van der Waals surface area (Å²) in [5.41, 5.74) is 5.20. The molecule has 3 N–H and O–H groups in total. The van der Waals surface area contributed by atoms with Gasteiger partial charge in [-0.2, -0.15) is 0 Å². The molecule has 0 aromatic rings. The van der Waals surface area contributed by atoms with Crippen molar-refractivity contribution in [3.05, 3.63) is 0 Å². The molecule has 0 fully saturated rings. The van der Waals surface area contributed by atoms with E-state index < -0.39 is 0 Å². The van der Waals surface area contributed by atoms with Gasteiger partial charge in [0.1, 0.15) is 6.67 Å². The fourth-order valence-electron chi connectivity index (χ4n) is 0.358. The normalized spacial score (nSPS) is 18.6. The fraction of sp³-hybridized carbons (Fsp3) is 0.333. The maximum absolute atomic E-state index is 5.39. The maximum atomic E-state index is 5.39. The van der Waals surface area contributed by atoms with Gasteiger partial charge in [-0.1, -0.05) is 0 Å². The molecule has 0 radical (unpaired) electrons. The lowest BCUT2D eigenvalue weighted by Crippen LogP contribution is -2.36. The molecule has 0 amide bonds. The third kappa shape index (κ3) is 1.10. The van der Waals surface area contributed by atoms with Gasteiger partial charge in [-0.15, -0.1) is 0 Å². The maximum Gasteiger partial charge on any atom is 0.199 e. The number of aliphatic imine (C=N–C) groups is 2. The van der Waals surface area contributed by atoms with Crippen LogP contribution in [0.15, 0.2) is 9.98 Å². The zero-order valence-corrected chi connectivity index (χ0v) is 4.81. The van der Waals surface area contributed by atoms with E-state index in [4.69, 9.17) is 17.3 Å². The van der Waals surface area contributed by atoms with Gasteiger partial charge in [-0.3, -0.25) is 0 Å². The van der Waals surface area contributed by atoms with Gasteiger partial charge in [0.2, 0.25) is 0 Å². The highest BCUT2D eigenvalue weighted by atomic mass is 35.5. The van der Waals surface area contributed by atoms with E-state index in [1.807, 2.05) is 0 Å². The molecule has 0 saturated heterocycles. The van der Waals surface area contributed by atoms with E-state index in [0.29, 0.717) is 17.9 Å². The van der Waals surface area contributed by atoms with Crippen LogP contribution in [0.3, 0.4) is 0 Å². The molecule has 0 saturated carbocycles. The van der Waals surface area contributed by atoms with Gasteiger partial charge in [-0.05, 0) is 11.6 Å². The van der Waals surface area contributed by atoms with Crippen molar-refractivity contribution in [2.24, 2.45) is 15.7 Å². The van der Waals surface area contributed by atoms with Gasteiger partial charge >= 0.3 is 0 Å². The van der Waals surface area contributed by atoms with Crippen molar-refractivity contribution in [1.82, 2.24) is 5.32 Å². The standard InChI is InChI=1S/C3H5ClN4/c4-2-6-1-7-3(5)8-2/h1H2,(H3,5,6,7,8). The van der Waals surface area contributed by atoms with E-state index in [2.05, 4.69) is 15.3 Å². The molecule has 8 heavy (non-hydrogen) atoms. The fourth-order valence-corrected chi connectivity index (χ4v) is 0.509.